The Labute approximate surface area is 185 Å². The number of nitrogens with zero attached hydrogens (tertiary/aromatic N) is 3. The summed E-state index contributed by atoms with van der Waals surface area (Å²) < 4.78 is 32.7. The van der Waals surface area contributed by atoms with E-state index in [1.54, 1.807) is 42.1 Å². The van der Waals surface area contributed by atoms with Crippen LogP contribution in [0.2, 0.25) is 0 Å². The van der Waals surface area contributed by atoms with E-state index < -0.39 is 15.9 Å². The second-order valence-electron chi connectivity index (χ2n) is 7.15. The van der Waals surface area contributed by atoms with Crippen molar-refractivity contribution in [2.24, 2.45) is 5.92 Å². The van der Waals surface area contributed by atoms with Crippen LogP contribution in [0.15, 0.2) is 68.8 Å². The summed E-state index contributed by atoms with van der Waals surface area (Å²) in [5, 5.41) is 10.5. The summed E-state index contributed by atoms with van der Waals surface area (Å²) >= 11 is 1.63. The summed E-state index contributed by atoms with van der Waals surface area (Å²) in [6.45, 7) is 0.498. The molecule has 1 aliphatic heterocycles. The fraction of sp³-hybridized carbons (Fsp3) is 0.286. The Kier molecular flexibility index (Phi) is 6.40. The second kappa shape index (κ2) is 9.21. The number of amides is 1. The lowest BCUT2D eigenvalue weighted by Crippen LogP contribution is -2.43. The Morgan fingerprint density at radius 3 is 2.58 bits per heavy atom. The lowest BCUT2D eigenvalue weighted by Gasteiger charge is -2.30. The normalized spacial score (nSPS) is 17.4. The van der Waals surface area contributed by atoms with Crippen LogP contribution in [0.5, 0.6) is 0 Å². The molecule has 1 aliphatic rings. The fourth-order valence-corrected chi connectivity index (χ4v) is 5.40. The summed E-state index contributed by atoms with van der Waals surface area (Å²) in [6.07, 6.45) is 3.18. The highest BCUT2D eigenvalue weighted by Gasteiger charge is 2.33. The number of hydrogen-bond acceptors (Lipinski definition) is 7. The number of nitrogens with one attached hydrogen (secondary N) is 1. The molecule has 1 saturated heterocycles. The van der Waals surface area contributed by atoms with E-state index in [4.69, 9.17) is 4.42 Å². The number of aromatic nitrogens is 2. The molecule has 1 N–H and O–H groups in total. The number of sulfonamides is 1. The topological polar surface area (TPSA) is 105 Å². The molecule has 2 heterocycles. The molecule has 1 fully saturated rings. The molecule has 1 unspecified atom stereocenters. The van der Waals surface area contributed by atoms with E-state index in [1.807, 2.05) is 30.5 Å². The minimum absolute atomic E-state index is 0.00279. The maximum Gasteiger partial charge on any atom is 0.322 e. The molecule has 2 aromatic carbocycles. The SMILES string of the molecule is CSc1ccc(-c2nnc(NC(=O)C3CCCN(S(=O)(=O)c4ccccc4)C3)o2)cc1. The van der Waals surface area contributed by atoms with Gasteiger partial charge in [-0.05, 0) is 55.5 Å². The van der Waals surface area contributed by atoms with Gasteiger partial charge >= 0.3 is 6.01 Å². The van der Waals surface area contributed by atoms with Crippen LogP contribution in [0.3, 0.4) is 0 Å². The third-order valence-electron chi connectivity index (χ3n) is 5.13. The summed E-state index contributed by atoms with van der Waals surface area (Å²) in [7, 11) is -3.64. The number of piperidine rings is 1. The van der Waals surface area contributed by atoms with Crippen molar-refractivity contribution in [2.75, 3.05) is 24.7 Å². The van der Waals surface area contributed by atoms with E-state index in [0.717, 1.165) is 10.5 Å². The third-order valence-corrected chi connectivity index (χ3v) is 7.75. The summed E-state index contributed by atoms with van der Waals surface area (Å²) in [5.41, 5.74) is 0.753. The summed E-state index contributed by atoms with van der Waals surface area (Å²) in [6, 6.07) is 15.9. The molecule has 0 aliphatic carbocycles. The predicted molar refractivity (Wildman–Crippen MR) is 118 cm³/mol. The quantitative estimate of drug-likeness (QED) is 0.564. The van der Waals surface area contributed by atoms with Crippen molar-refractivity contribution in [3.8, 4) is 11.5 Å². The zero-order valence-corrected chi connectivity index (χ0v) is 18.5. The van der Waals surface area contributed by atoms with Crippen molar-refractivity contribution in [1.29, 1.82) is 0 Å². The molecule has 4 rings (SSSR count). The van der Waals surface area contributed by atoms with Crippen molar-refractivity contribution in [2.45, 2.75) is 22.6 Å². The fourth-order valence-electron chi connectivity index (χ4n) is 3.45. The van der Waals surface area contributed by atoms with Gasteiger partial charge in [0.25, 0.3) is 0 Å². The van der Waals surface area contributed by atoms with Gasteiger partial charge in [0.1, 0.15) is 0 Å². The van der Waals surface area contributed by atoms with Crippen LogP contribution < -0.4 is 5.32 Å². The van der Waals surface area contributed by atoms with Crippen LogP contribution in [0, 0.1) is 5.92 Å². The molecule has 1 aromatic heterocycles. The molecule has 0 saturated carbocycles. The van der Waals surface area contributed by atoms with E-state index >= 15 is 0 Å². The van der Waals surface area contributed by atoms with Gasteiger partial charge in [-0.1, -0.05) is 23.3 Å². The molecule has 162 valence electrons. The molecule has 3 aromatic rings. The first-order valence-electron chi connectivity index (χ1n) is 9.81. The first-order valence-corrected chi connectivity index (χ1v) is 12.5. The molecule has 1 amide bonds. The van der Waals surface area contributed by atoms with Gasteiger partial charge in [0.15, 0.2) is 0 Å². The highest BCUT2D eigenvalue weighted by Crippen LogP contribution is 2.26. The molecule has 10 heteroatoms. The van der Waals surface area contributed by atoms with E-state index in [-0.39, 0.29) is 23.4 Å². The number of hydrogen-bond donors (Lipinski definition) is 1. The van der Waals surface area contributed by atoms with Crippen molar-refractivity contribution < 1.29 is 17.6 Å². The van der Waals surface area contributed by atoms with Gasteiger partial charge in [0, 0.05) is 23.5 Å². The minimum atomic E-state index is -3.64. The molecule has 0 radical (unpaired) electrons. The Morgan fingerprint density at radius 1 is 1.13 bits per heavy atom. The van der Waals surface area contributed by atoms with Gasteiger partial charge in [-0.15, -0.1) is 16.9 Å². The lowest BCUT2D eigenvalue weighted by molar-refractivity contribution is -0.121. The van der Waals surface area contributed by atoms with Crippen molar-refractivity contribution in [3.05, 3.63) is 54.6 Å². The first-order chi connectivity index (χ1) is 15.0. The predicted octanol–water partition coefficient (Wildman–Crippen LogP) is 3.50. The van der Waals surface area contributed by atoms with Crippen molar-refractivity contribution >= 4 is 33.7 Å². The average molecular weight is 459 g/mol. The molecule has 0 bridgehead atoms. The van der Waals surface area contributed by atoms with Crippen LogP contribution in [0.4, 0.5) is 6.01 Å². The van der Waals surface area contributed by atoms with Crippen molar-refractivity contribution in [1.82, 2.24) is 14.5 Å². The van der Waals surface area contributed by atoms with E-state index in [9.17, 15) is 13.2 Å². The smallest absolute Gasteiger partial charge is 0.322 e. The van der Waals surface area contributed by atoms with E-state index in [1.165, 1.54) is 4.31 Å². The van der Waals surface area contributed by atoms with Crippen LogP contribution >= 0.6 is 11.8 Å². The Balaban J connectivity index is 1.42. The van der Waals surface area contributed by atoms with Crippen LogP contribution in [-0.2, 0) is 14.8 Å². The summed E-state index contributed by atoms with van der Waals surface area (Å²) in [5.74, 6) is -0.524. The second-order valence-corrected chi connectivity index (χ2v) is 9.96. The van der Waals surface area contributed by atoms with Gasteiger partial charge in [-0.3, -0.25) is 10.1 Å². The van der Waals surface area contributed by atoms with Gasteiger partial charge in [-0.2, -0.15) is 4.31 Å². The highest BCUT2D eigenvalue weighted by molar-refractivity contribution is 7.98. The van der Waals surface area contributed by atoms with Crippen LogP contribution in [-0.4, -0.2) is 48.2 Å². The average Bonchev–Trinajstić information content (AvgIpc) is 3.28. The zero-order valence-electron chi connectivity index (χ0n) is 16.9. The molecule has 8 nitrogen and oxygen atoms in total. The van der Waals surface area contributed by atoms with Gasteiger partial charge in [-0.25, -0.2) is 8.42 Å². The van der Waals surface area contributed by atoms with E-state index in [0.29, 0.717) is 25.3 Å². The number of carbonyl (C=O) groups excluding carboxylic acids is 1. The maximum atomic E-state index is 12.9. The molecule has 1 atom stereocenters. The third kappa shape index (κ3) is 4.81. The number of thioether (sulfide) groups is 1. The van der Waals surface area contributed by atoms with Gasteiger partial charge in [0.05, 0.1) is 10.8 Å². The Hall–Kier alpha value is -2.69. The monoisotopic (exact) mass is 458 g/mol. The van der Waals surface area contributed by atoms with Crippen LogP contribution in [0.1, 0.15) is 12.8 Å². The Morgan fingerprint density at radius 2 is 1.87 bits per heavy atom. The highest BCUT2D eigenvalue weighted by atomic mass is 32.2. The van der Waals surface area contributed by atoms with E-state index in [2.05, 4.69) is 15.5 Å². The number of rotatable bonds is 6. The number of anilines is 1. The number of carbonyl (C=O) groups is 1. The largest absolute Gasteiger partial charge is 0.403 e. The molecular weight excluding hydrogens is 436 g/mol. The zero-order chi connectivity index (χ0) is 21.8. The Bertz CT molecular complexity index is 1150. The molecular formula is C21H22N4O4S2. The number of benzene rings is 2. The maximum absolute atomic E-state index is 12.9. The first kappa shape index (κ1) is 21.5. The van der Waals surface area contributed by atoms with Gasteiger partial charge in [0.2, 0.25) is 21.8 Å². The lowest BCUT2D eigenvalue weighted by atomic mass is 9.99. The minimum Gasteiger partial charge on any atom is -0.403 e. The summed E-state index contributed by atoms with van der Waals surface area (Å²) in [4.78, 5) is 14.1. The molecule has 31 heavy (non-hydrogen) atoms. The van der Waals surface area contributed by atoms with Gasteiger partial charge < -0.3 is 4.42 Å². The van der Waals surface area contributed by atoms with Crippen molar-refractivity contribution in [3.63, 3.8) is 0 Å². The molecule has 0 spiro atoms. The van der Waals surface area contributed by atoms with Crippen LogP contribution in [0.25, 0.3) is 11.5 Å². The standard InChI is InChI=1S/C21H22N4O4S2/c1-30-17-11-9-15(10-12-17)20-23-24-21(29-20)22-19(26)16-6-5-13-25(14-16)31(27,28)18-7-3-2-4-8-18/h2-4,7-12,16H,5-6,13-14H2,1H3,(H,22,24,26).